The number of benzene rings is 3. The minimum atomic E-state index is -2.61. The zero-order valence-corrected chi connectivity index (χ0v) is 25.2. The summed E-state index contributed by atoms with van der Waals surface area (Å²) >= 11 is 0. The number of hydrogen-bond donors (Lipinski definition) is 0. The maximum absolute atomic E-state index is 2.61. The lowest BCUT2D eigenvalue weighted by Crippen LogP contribution is -2.71. The van der Waals surface area contributed by atoms with Crippen molar-refractivity contribution in [1.82, 2.24) is 0 Å². The Morgan fingerprint density at radius 3 is 1.47 bits per heavy atom. The van der Waals surface area contributed by atoms with Gasteiger partial charge >= 0.3 is 0 Å². The van der Waals surface area contributed by atoms with E-state index in [1.807, 2.05) is 0 Å². The molecule has 1 aliphatic rings. The number of aryl methyl sites for hydroxylation is 6. The average Bonchev–Trinajstić information content (AvgIpc) is 3.06. The van der Waals surface area contributed by atoms with Crippen LogP contribution < -0.4 is 15.6 Å². The molecule has 188 valence electrons. The van der Waals surface area contributed by atoms with Crippen molar-refractivity contribution < 1.29 is 0 Å². The molecular weight excluding hydrogens is 448 g/mol. The highest BCUT2D eigenvalue weighted by Crippen LogP contribution is 2.42. The quantitative estimate of drug-likeness (QED) is 0.249. The summed E-state index contributed by atoms with van der Waals surface area (Å²) in [6, 6.07) is 21.9. The van der Waals surface area contributed by atoms with Crippen molar-refractivity contribution in [3.63, 3.8) is 0 Å². The molecule has 1 heteroatoms. The lowest BCUT2D eigenvalue weighted by atomic mass is 10.1. The van der Waals surface area contributed by atoms with Gasteiger partial charge in [0, 0.05) is 0 Å². The molecule has 0 aliphatic heterocycles. The van der Waals surface area contributed by atoms with Gasteiger partial charge in [0.05, 0.1) is 0 Å². The molecule has 0 saturated heterocycles. The second-order valence-corrected chi connectivity index (χ2v) is 14.9. The van der Waals surface area contributed by atoms with Crippen LogP contribution in [0, 0.1) is 33.6 Å². The fourth-order valence-corrected chi connectivity index (χ4v) is 13.0. The maximum atomic E-state index is 2.57. The van der Waals surface area contributed by atoms with Crippen LogP contribution in [0.25, 0.3) is 0 Å². The van der Waals surface area contributed by atoms with Gasteiger partial charge in [0.1, 0.15) is 0 Å². The number of allylic oxidation sites excluding steroid dienone is 4. The van der Waals surface area contributed by atoms with Crippen molar-refractivity contribution in [2.24, 2.45) is 5.92 Å². The third-order valence-electron chi connectivity index (χ3n) is 8.94. The zero-order valence-electron chi connectivity index (χ0n) is 24.2. The zero-order chi connectivity index (χ0) is 26.4. The minimum absolute atomic E-state index is 0.437. The smallest absolute Gasteiger partial charge is 0.0636 e. The van der Waals surface area contributed by atoms with Gasteiger partial charge in [-0.25, -0.2) is 0 Å². The normalized spacial score (nSPS) is 16.3. The van der Waals surface area contributed by atoms with Crippen molar-refractivity contribution in [2.75, 3.05) is 0 Å². The van der Waals surface area contributed by atoms with E-state index in [1.54, 1.807) is 20.8 Å². The van der Waals surface area contributed by atoms with Gasteiger partial charge in [-0.3, -0.25) is 0 Å². The first kappa shape index (κ1) is 26.4. The Kier molecular flexibility index (Phi) is 7.35. The van der Waals surface area contributed by atoms with Gasteiger partial charge in [-0.05, 0) is 99.5 Å². The number of rotatable bonds is 6. The van der Waals surface area contributed by atoms with E-state index in [1.165, 1.54) is 50.1 Å². The highest BCUT2D eigenvalue weighted by molar-refractivity contribution is 7.16. The van der Waals surface area contributed by atoms with Crippen molar-refractivity contribution in [1.29, 1.82) is 0 Å². The predicted molar refractivity (Wildman–Crippen MR) is 162 cm³/mol. The summed E-state index contributed by atoms with van der Waals surface area (Å²) in [6.07, 6.45) is 2.13. The summed E-state index contributed by atoms with van der Waals surface area (Å²) in [5, 5.41) is 6.38. The third kappa shape index (κ3) is 4.16. The van der Waals surface area contributed by atoms with Crippen molar-refractivity contribution in [2.45, 2.75) is 82.1 Å². The van der Waals surface area contributed by atoms with Crippen molar-refractivity contribution in [3.05, 3.63) is 110 Å². The van der Waals surface area contributed by atoms with Crippen LogP contribution in [0.4, 0.5) is 0 Å². The Labute approximate surface area is 221 Å². The molecule has 4 rings (SSSR count). The van der Waals surface area contributed by atoms with Crippen LogP contribution in [-0.4, -0.2) is 8.07 Å². The Hall–Kier alpha value is -2.64. The molecule has 0 amide bonds. The van der Waals surface area contributed by atoms with Gasteiger partial charge in [0.15, 0.2) is 8.07 Å². The standard InChI is InChI=1S/C35H44Si/c1-11-30-19-31(12-2)21-32(20-30)36(33-17-22(3)13-15-24(33)5,34-18-23(4)14-16-25(34)6)35-28(9)26(7)27(8)29(35)10/h13-21,28H,11-12H2,1-10H3. The minimum Gasteiger partial charge on any atom is -0.0636 e. The molecule has 0 N–H and O–H groups in total. The summed E-state index contributed by atoms with van der Waals surface area (Å²) in [7, 11) is -2.61. The van der Waals surface area contributed by atoms with Gasteiger partial charge in [0.25, 0.3) is 0 Å². The first-order valence-electron chi connectivity index (χ1n) is 13.7. The first-order chi connectivity index (χ1) is 17.1. The molecule has 0 bridgehead atoms. The molecular formula is C35H44Si. The van der Waals surface area contributed by atoms with E-state index < -0.39 is 8.07 Å². The van der Waals surface area contributed by atoms with Crippen LogP contribution >= 0.6 is 0 Å². The van der Waals surface area contributed by atoms with E-state index in [4.69, 9.17) is 0 Å². The second kappa shape index (κ2) is 10.0. The van der Waals surface area contributed by atoms with E-state index >= 15 is 0 Å². The highest BCUT2D eigenvalue weighted by Gasteiger charge is 2.49. The van der Waals surface area contributed by atoms with Gasteiger partial charge in [-0.15, -0.1) is 0 Å². The Morgan fingerprint density at radius 2 is 1.08 bits per heavy atom. The van der Waals surface area contributed by atoms with Gasteiger partial charge in [-0.1, -0.05) is 114 Å². The van der Waals surface area contributed by atoms with Gasteiger partial charge in [-0.2, -0.15) is 0 Å². The van der Waals surface area contributed by atoms with Gasteiger partial charge in [0.2, 0.25) is 0 Å². The van der Waals surface area contributed by atoms with Gasteiger partial charge < -0.3 is 0 Å². The highest BCUT2D eigenvalue weighted by atomic mass is 28.3. The second-order valence-electron chi connectivity index (χ2n) is 11.2. The van der Waals surface area contributed by atoms with Crippen LogP contribution in [0.2, 0.25) is 0 Å². The van der Waals surface area contributed by atoms with Crippen LogP contribution in [0.5, 0.6) is 0 Å². The van der Waals surface area contributed by atoms with E-state index in [2.05, 4.69) is 124 Å². The molecule has 0 heterocycles. The lowest BCUT2D eigenvalue weighted by molar-refractivity contribution is 0.851. The summed E-state index contributed by atoms with van der Waals surface area (Å²) in [5.74, 6) is 0.437. The van der Waals surface area contributed by atoms with Crippen molar-refractivity contribution >= 4 is 23.6 Å². The van der Waals surface area contributed by atoms with E-state index in [0.717, 1.165) is 12.8 Å². The molecule has 0 fully saturated rings. The fraction of sp³-hybridized carbons (Fsp3) is 0.371. The maximum Gasteiger partial charge on any atom is 0.177 e. The van der Waals surface area contributed by atoms with Crippen LogP contribution in [0.1, 0.15) is 74.9 Å². The molecule has 3 aromatic rings. The van der Waals surface area contributed by atoms with Crippen LogP contribution in [0.3, 0.4) is 0 Å². The van der Waals surface area contributed by atoms with E-state index in [-0.39, 0.29) is 0 Å². The monoisotopic (exact) mass is 492 g/mol. The molecule has 0 aromatic heterocycles. The SMILES string of the molecule is CCc1cc(CC)cc([Si](C2=C(C)C(C)=C(C)C2C)(c2cc(C)ccc2C)c2cc(C)ccc2C)c1. The summed E-state index contributed by atoms with van der Waals surface area (Å²) in [6.45, 7) is 23.4. The summed E-state index contributed by atoms with van der Waals surface area (Å²) in [5.41, 5.74) is 13.0. The van der Waals surface area contributed by atoms with E-state index in [9.17, 15) is 0 Å². The summed E-state index contributed by atoms with van der Waals surface area (Å²) in [4.78, 5) is 0. The molecule has 0 spiro atoms. The molecule has 1 unspecified atom stereocenters. The largest absolute Gasteiger partial charge is 0.177 e. The molecule has 0 nitrogen and oxygen atoms in total. The van der Waals surface area contributed by atoms with E-state index in [0.29, 0.717) is 5.92 Å². The molecule has 3 aromatic carbocycles. The fourth-order valence-electron chi connectivity index (χ4n) is 6.54. The van der Waals surface area contributed by atoms with Crippen LogP contribution in [0.15, 0.2) is 76.5 Å². The Balaban J connectivity index is 2.32. The Bertz CT molecular complexity index is 1310. The molecule has 1 atom stereocenters. The third-order valence-corrected chi connectivity index (χ3v) is 14.4. The molecule has 0 saturated carbocycles. The topological polar surface area (TPSA) is 0 Å². The summed E-state index contributed by atoms with van der Waals surface area (Å²) < 4.78 is 0. The lowest BCUT2D eigenvalue weighted by Gasteiger charge is -2.41. The number of hydrogen-bond acceptors (Lipinski definition) is 0. The first-order valence-corrected chi connectivity index (χ1v) is 15.7. The van der Waals surface area contributed by atoms with Crippen molar-refractivity contribution in [3.8, 4) is 0 Å². The Morgan fingerprint density at radius 1 is 0.611 bits per heavy atom. The van der Waals surface area contributed by atoms with Crippen LogP contribution in [-0.2, 0) is 12.8 Å². The molecule has 1 aliphatic carbocycles. The molecule has 36 heavy (non-hydrogen) atoms. The molecule has 0 radical (unpaired) electrons. The predicted octanol–water partition coefficient (Wildman–Crippen LogP) is 7.36. The average molecular weight is 493 g/mol.